The van der Waals surface area contributed by atoms with Crippen LogP contribution >= 0.6 is 15.9 Å². The molecule has 0 heterocycles. The molecule has 18 heavy (non-hydrogen) atoms. The molecule has 0 aliphatic rings. The maximum atomic E-state index is 12.1. The van der Waals surface area contributed by atoms with E-state index in [0.29, 0.717) is 17.9 Å². The van der Waals surface area contributed by atoms with Gasteiger partial charge in [0, 0.05) is 10.5 Å². The molecule has 1 unspecified atom stereocenters. The number of ether oxygens (including phenoxy) is 1. The van der Waals surface area contributed by atoms with Gasteiger partial charge in [0.05, 0.1) is 18.9 Å². The number of nitrogens with zero attached hydrogens (tertiary/aromatic N) is 1. The van der Waals surface area contributed by atoms with Gasteiger partial charge in [-0.3, -0.25) is 4.79 Å². The highest BCUT2D eigenvalue weighted by molar-refractivity contribution is 9.10. The highest BCUT2D eigenvalue weighted by Crippen LogP contribution is 2.29. The number of carbonyl (C=O) groups excluding carboxylic acids is 1. The first-order chi connectivity index (χ1) is 8.46. The largest absolute Gasteiger partial charge is 0.497 e. The van der Waals surface area contributed by atoms with Gasteiger partial charge in [-0.15, -0.1) is 0 Å². The molecule has 0 aliphatic heterocycles. The van der Waals surface area contributed by atoms with Crippen molar-refractivity contribution in [3.05, 3.63) is 22.7 Å². The fraction of sp³-hybridized carbons (Fsp3) is 0.385. The van der Waals surface area contributed by atoms with E-state index in [1.807, 2.05) is 13.0 Å². The first-order valence-corrected chi connectivity index (χ1v) is 6.32. The molecular formula is C13H15BrN2O2. The fourth-order valence-electron chi connectivity index (χ4n) is 1.28. The Kier molecular flexibility index (Phi) is 4.74. The summed E-state index contributed by atoms with van der Waals surface area (Å²) in [6.45, 7) is 3.43. The Hall–Kier alpha value is -1.54. The number of amides is 1. The molecule has 5 heteroatoms. The van der Waals surface area contributed by atoms with Crippen LogP contribution in [0.15, 0.2) is 22.7 Å². The second-order valence-corrected chi connectivity index (χ2v) is 4.95. The van der Waals surface area contributed by atoms with Gasteiger partial charge in [0.15, 0.2) is 0 Å². The molecule has 0 fully saturated rings. The SMILES string of the molecule is CCC(C)(C#N)C(=O)Nc1cc(OC)ccc1Br. The van der Waals surface area contributed by atoms with E-state index in [9.17, 15) is 4.79 Å². The van der Waals surface area contributed by atoms with Crippen LogP contribution in [0.5, 0.6) is 5.75 Å². The summed E-state index contributed by atoms with van der Waals surface area (Å²) in [5.41, 5.74) is -0.433. The van der Waals surface area contributed by atoms with E-state index in [1.165, 1.54) is 0 Å². The normalized spacial score (nSPS) is 13.3. The summed E-state index contributed by atoms with van der Waals surface area (Å²) in [6, 6.07) is 7.30. The number of benzene rings is 1. The van der Waals surface area contributed by atoms with Crippen LogP contribution in [-0.2, 0) is 4.79 Å². The van der Waals surface area contributed by atoms with Crippen molar-refractivity contribution in [3.8, 4) is 11.8 Å². The average Bonchev–Trinajstić information content (AvgIpc) is 2.40. The Morgan fingerprint density at radius 2 is 2.28 bits per heavy atom. The number of carbonyl (C=O) groups is 1. The van der Waals surface area contributed by atoms with Gasteiger partial charge in [-0.2, -0.15) is 5.26 Å². The molecule has 1 atom stereocenters. The van der Waals surface area contributed by atoms with Crippen LogP contribution in [0.3, 0.4) is 0 Å². The quantitative estimate of drug-likeness (QED) is 0.927. The Morgan fingerprint density at radius 1 is 1.61 bits per heavy atom. The predicted octanol–water partition coefficient (Wildman–Crippen LogP) is 3.34. The van der Waals surface area contributed by atoms with Gasteiger partial charge in [0.1, 0.15) is 11.2 Å². The third kappa shape index (κ3) is 3.02. The molecule has 4 nitrogen and oxygen atoms in total. The summed E-state index contributed by atoms with van der Waals surface area (Å²) in [5, 5.41) is 11.8. The van der Waals surface area contributed by atoms with Gasteiger partial charge in [-0.1, -0.05) is 6.92 Å². The van der Waals surface area contributed by atoms with Crippen LogP contribution in [0.25, 0.3) is 0 Å². The van der Waals surface area contributed by atoms with Gasteiger partial charge in [-0.25, -0.2) is 0 Å². The van der Waals surface area contributed by atoms with Gasteiger partial charge in [-0.05, 0) is 41.4 Å². The van der Waals surface area contributed by atoms with Crippen molar-refractivity contribution in [2.75, 3.05) is 12.4 Å². The van der Waals surface area contributed by atoms with Crippen LogP contribution in [-0.4, -0.2) is 13.0 Å². The van der Waals surface area contributed by atoms with Crippen molar-refractivity contribution in [1.82, 2.24) is 0 Å². The number of rotatable bonds is 4. The first kappa shape index (κ1) is 14.5. The number of halogens is 1. The zero-order chi connectivity index (χ0) is 13.8. The van der Waals surface area contributed by atoms with Gasteiger partial charge < -0.3 is 10.1 Å². The lowest BCUT2D eigenvalue weighted by Gasteiger charge is -2.19. The average molecular weight is 311 g/mol. The van der Waals surface area contributed by atoms with E-state index in [1.54, 1.807) is 32.2 Å². The highest BCUT2D eigenvalue weighted by atomic mass is 79.9. The van der Waals surface area contributed by atoms with Crippen molar-refractivity contribution in [2.24, 2.45) is 5.41 Å². The smallest absolute Gasteiger partial charge is 0.244 e. The predicted molar refractivity (Wildman–Crippen MR) is 73.3 cm³/mol. The Labute approximate surface area is 115 Å². The third-order valence-corrected chi connectivity index (χ3v) is 3.57. The number of nitriles is 1. The van der Waals surface area contributed by atoms with Gasteiger partial charge in [0.25, 0.3) is 0 Å². The zero-order valence-electron chi connectivity index (χ0n) is 10.6. The highest BCUT2D eigenvalue weighted by Gasteiger charge is 2.31. The van der Waals surface area contributed by atoms with Crippen molar-refractivity contribution < 1.29 is 9.53 Å². The molecule has 0 aromatic heterocycles. The van der Waals surface area contributed by atoms with Crippen LogP contribution in [0.2, 0.25) is 0 Å². The maximum Gasteiger partial charge on any atom is 0.244 e. The molecule has 0 radical (unpaired) electrons. The van der Waals surface area contributed by atoms with Crippen molar-refractivity contribution in [1.29, 1.82) is 5.26 Å². The van der Waals surface area contributed by atoms with E-state index >= 15 is 0 Å². The fourth-order valence-corrected chi connectivity index (χ4v) is 1.62. The molecule has 1 rings (SSSR count). The molecule has 96 valence electrons. The molecule has 0 bridgehead atoms. The first-order valence-electron chi connectivity index (χ1n) is 5.53. The number of methoxy groups -OCH3 is 1. The topological polar surface area (TPSA) is 62.1 Å². The van der Waals surface area contributed by atoms with E-state index in [2.05, 4.69) is 21.2 Å². The molecule has 0 aliphatic carbocycles. The number of hydrogen-bond acceptors (Lipinski definition) is 3. The minimum atomic E-state index is -1.03. The van der Waals surface area contributed by atoms with E-state index in [-0.39, 0.29) is 5.91 Å². The summed E-state index contributed by atoms with van der Waals surface area (Å²) in [5.74, 6) is 0.324. The lowest BCUT2D eigenvalue weighted by atomic mass is 9.88. The summed E-state index contributed by atoms with van der Waals surface area (Å²) in [6.07, 6.45) is 0.455. The minimum Gasteiger partial charge on any atom is -0.497 e. The second-order valence-electron chi connectivity index (χ2n) is 4.10. The lowest BCUT2D eigenvalue weighted by Crippen LogP contribution is -2.31. The van der Waals surface area contributed by atoms with Crippen molar-refractivity contribution >= 4 is 27.5 Å². The molecule has 1 aromatic carbocycles. The maximum absolute atomic E-state index is 12.1. The second kappa shape index (κ2) is 5.87. The van der Waals surface area contributed by atoms with Gasteiger partial charge >= 0.3 is 0 Å². The van der Waals surface area contributed by atoms with E-state index in [4.69, 9.17) is 10.00 Å². The molecule has 1 aromatic rings. The lowest BCUT2D eigenvalue weighted by molar-refractivity contribution is -0.122. The molecular weight excluding hydrogens is 296 g/mol. The number of nitrogens with one attached hydrogen (secondary N) is 1. The monoisotopic (exact) mass is 310 g/mol. The van der Waals surface area contributed by atoms with Crippen molar-refractivity contribution in [3.63, 3.8) is 0 Å². The summed E-state index contributed by atoms with van der Waals surface area (Å²) in [7, 11) is 1.56. The summed E-state index contributed by atoms with van der Waals surface area (Å²) < 4.78 is 5.84. The standard InChI is InChI=1S/C13H15BrN2O2/c1-4-13(2,8-15)12(17)16-11-7-9(18-3)5-6-10(11)14/h5-7H,4H2,1-3H3,(H,16,17). The van der Waals surface area contributed by atoms with Crippen LogP contribution in [0.4, 0.5) is 5.69 Å². The van der Waals surface area contributed by atoms with Crippen LogP contribution in [0.1, 0.15) is 20.3 Å². The number of anilines is 1. The Balaban J connectivity index is 2.98. The van der Waals surface area contributed by atoms with Crippen LogP contribution < -0.4 is 10.1 Å². The molecule has 1 N–H and O–H groups in total. The molecule has 0 spiro atoms. The molecule has 1 amide bonds. The van der Waals surface area contributed by atoms with E-state index in [0.717, 1.165) is 4.47 Å². The summed E-state index contributed by atoms with van der Waals surface area (Å²) in [4.78, 5) is 12.1. The van der Waals surface area contributed by atoms with E-state index < -0.39 is 5.41 Å². The third-order valence-electron chi connectivity index (χ3n) is 2.88. The van der Waals surface area contributed by atoms with Crippen molar-refractivity contribution in [2.45, 2.75) is 20.3 Å². The zero-order valence-corrected chi connectivity index (χ0v) is 12.2. The number of hydrogen-bond donors (Lipinski definition) is 1. The van der Waals surface area contributed by atoms with Crippen LogP contribution in [0, 0.1) is 16.7 Å². The van der Waals surface area contributed by atoms with Gasteiger partial charge in [0.2, 0.25) is 5.91 Å². The Bertz CT molecular complexity index is 496. The minimum absolute atomic E-state index is 0.318. The Morgan fingerprint density at radius 3 is 2.78 bits per heavy atom. The summed E-state index contributed by atoms with van der Waals surface area (Å²) >= 11 is 3.35. The molecule has 0 saturated carbocycles. The molecule has 0 saturated heterocycles.